The summed E-state index contributed by atoms with van der Waals surface area (Å²) in [6.07, 6.45) is 1.61. The second-order valence-corrected chi connectivity index (χ2v) is 7.86. The zero-order valence-electron chi connectivity index (χ0n) is 18.2. The molecule has 0 aromatic heterocycles. The molecule has 0 aliphatic carbocycles. The molecule has 166 valence electrons. The van der Waals surface area contributed by atoms with E-state index >= 15 is 0 Å². The molecule has 0 spiro atoms. The number of carbonyl (C=O) groups excluding carboxylic acids is 1. The molecule has 1 N–H and O–H groups in total. The lowest BCUT2D eigenvalue weighted by Gasteiger charge is -2.35. The van der Waals surface area contributed by atoms with Crippen LogP contribution >= 0.6 is 0 Å². The van der Waals surface area contributed by atoms with Gasteiger partial charge >= 0.3 is 0 Å². The summed E-state index contributed by atoms with van der Waals surface area (Å²) in [5, 5.41) is 12.7. The average molecular weight is 441 g/mol. The molecular formula is C27H25FN4O. The van der Waals surface area contributed by atoms with E-state index in [0.29, 0.717) is 31.9 Å². The van der Waals surface area contributed by atoms with Crippen LogP contribution in [0.25, 0.3) is 0 Å². The quantitative estimate of drug-likeness (QED) is 0.460. The van der Waals surface area contributed by atoms with Gasteiger partial charge in [0.25, 0.3) is 5.91 Å². The largest absolute Gasteiger partial charge is 0.373 e. The van der Waals surface area contributed by atoms with Crippen molar-refractivity contribution in [2.75, 3.05) is 31.1 Å². The number of rotatable bonds is 6. The number of nitrogens with zero attached hydrogens (tertiary/aromatic N) is 3. The Bertz CT molecular complexity index is 1110. The van der Waals surface area contributed by atoms with E-state index in [-0.39, 0.29) is 17.4 Å². The second-order valence-electron chi connectivity index (χ2n) is 7.86. The minimum absolute atomic E-state index is 0.0474. The van der Waals surface area contributed by atoms with Crippen molar-refractivity contribution in [3.63, 3.8) is 0 Å². The molecule has 33 heavy (non-hydrogen) atoms. The summed E-state index contributed by atoms with van der Waals surface area (Å²) in [5.74, 6) is -0.668. The molecule has 1 aliphatic rings. The van der Waals surface area contributed by atoms with E-state index in [1.165, 1.54) is 6.07 Å². The Balaban J connectivity index is 1.46. The lowest BCUT2D eigenvalue weighted by Crippen LogP contribution is -2.45. The molecule has 4 rings (SSSR count). The van der Waals surface area contributed by atoms with Gasteiger partial charge in [0.15, 0.2) is 0 Å². The van der Waals surface area contributed by atoms with E-state index < -0.39 is 5.91 Å². The molecule has 0 saturated carbocycles. The van der Waals surface area contributed by atoms with Crippen molar-refractivity contribution in [3.8, 4) is 6.07 Å². The van der Waals surface area contributed by atoms with Crippen LogP contribution in [0.5, 0.6) is 0 Å². The predicted molar refractivity (Wildman–Crippen MR) is 127 cm³/mol. The van der Waals surface area contributed by atoms with Crippen molar-refractivity contribution in [2.24, 2.45) is 0 Å². The fourth-order valence-corrected chi connectivity index (χ4v) is 3.98. The van der Waals surface area contributed by atoms with Gasteiger partial charge in [-0.15, -0.1) is 0 Å². The van der Waals surface area contributed by atoms with Gasteiger partial charge in [0.05, 0.1) is 11.7 Å². The smallest absolute Gasteiger partial charge is 0.264 e. The van der Waals surface area contributed by atoms with Crippen LogP contribution in [-0.4, -0.2) is 37.0 Å². The third-order valence-electron chi connectivity index (χ3n) is 5.73. The maximum absolute atomic E-state index is 14.1. The zero-order chi connectivity index (χ0) is 23.0. The van der Waals surface area contributed by atoms with Crippen LogP contribution in [-0.2, 0) is 4.79 Å². The Morgan fingerprint density at radius 2 is 1.42 bits per heavy atom. The summed E-state index contributed by atoms with van der Waals surface area (Å²) in [6, 6.07) is 27.8. The fraction of sp³-hybridized carbons (Fsp3) is 0.185. The van der Waals surface area contributed by atoms with Crippen molar-refractivity contribution < 1.29 is 9.18 Å². The number of piperazine rings is 1. The van der Waals surface area contributed by atoms with Gasteiger partial charge in [0.2, 0.25) is 0 Å². The molecule has 0 bridgehead atoms. The molecular weight excluding hydrogens is 415 g/mol. The molecule has 0 unspecified atom stereocenters. The van der Waals surface area contributed by atoms with Gasteiger partial charge in [-0.05, 0) is 23.3 Å². The van der Waals surface area contributed by atoms with Gasteiger partial charge in [0, 0.05) is 32.4 Å². The van der Waals surface area contributed by atoms with Crippen molar-refractivity contribution >= 4 is 11.6 Å². The standard InChI is InChI=1S/C27H25FN4O/c28-24-13-7-8-14-25(24)32-17-15-31(16-18-32)20-23(19-29)27(33)30-26(21-9-3-1-4-10-21)22-11-5-2-6-12-22/h1-14,20,26H,15-18H2,(H,30,33)/b23-20-. The highest BCUT2D eigenvalue weighted by molar-refractivity contribution is 5.97. The first-order valence-corrected chi connectivity index (χ1v) is 10.9. The minimum Gasteiger partial charge on any atom is -0.373 e. The lowest BCUT2D eigenvalue weighted by atomic mass is 9.98. The van der Waals surface area contributed by atoms with Crippen molar-refractivity contribution in [2.45, 2.75) is 6.04 Å². The Morgan fingerprint density at radius 3 is 1.97 bits per heavy atom. The minimum atomic E-state index is -0.424. The van der Waals surface area contributed by atoms with E-state index in [9.17, 15) is 14.4 Å². The van der Waals surface area contributed by atoms with Crippen LogP contribution in [0.15, 0.2) is 96.7 Å². The Hall–Kier alpha value is -4.11. The molecule has 3 aromatic carbocycles. The molecule has 1 amide bonds. The van der Waals surface area contributed by atoms with Crippen LogP contribution in [0.4, 0.5) is 10.1 Å². The van der Waals surface area contributed by atoms with Gasteiger partial charge in [-0.1, -0.05) is 72.8 Å². The number of nitrogens with one attached hydrogen (secondary N) is 1. The number of benzene rings is 3. The van der Waals surface area contributed by atoms with Crippen molar-refractivity contribution in [1.29, 1.82) is 5.26 Å². The molecule has 0 radical (unpaired) electrons. The number of halogens is 1. The first-order chi connectivity index (χ1) is 16.2. The summed E-state index contributed by atoms with van der Waals surface area (Å²) in [5.41, 5.74) is 2.50. The van der Waals surface area contributed by atoms with E-state index in [0.717, 1.165) is 11.1 Å². The summed E-state index contributed by atoms with van der Waals surface area (Å²) in [6.45, 7) is 2.39. The summed E-state index contributed by atoms with van der Waals surface area (Å²) < 4.78 is 14.1. The van der Waals surface area contributed by atoms with Gasteiger partial charge in [-0.3, -0.25) is 4.79 Å². The zero-order valence-corrected chi connectivity index (χ0v) is 18.2. The monoisotopic (exact) mass is 440 g/mol. The number of para-hydroxylation sites is 1. The molecule has 0 atom stereocenters. The Kier molecular flexibility index (Phi) is 7.01. The van der Waals surface area contributed by atoms with E-state index in [1.54, 1.807) is 18.3 Å². The maximum Gasteiger partial charge on any atom is 0.264 e. The highest BCUT2D eigenvalue weighted by Crippen LogP contribution is 2.23. The second kappa shape index (κ2) is 10.5. The average Bonchev–Trinajstić information content (AvgIpc) is 2.87. The Labute approximate surface area is 193 Å². The molecule has 1 aliphatic heterocycles. The molecule has 3 aromatic rings. The van der Waals surface area contributed by atoms with Crippen molar-refractivity contribution in [1.82, 2.24) is 10.2 Å². The first-order valence-electron chi connectivity index (χ1n) is 10.9. The molecule has 6 heteroatoms. The first kappa shape index (κ1) is 22.1. The number of nitriles is 1. The molecule has 1 heterocycles. The summed E-state index contributed by atoms with van der Waals surface area (Å²) in [7, 11) is 0. The lowest BCUT2D eigenvalue weighted by molar-refractivity contribution is -0.117. The van der Waals surface area contributed by atoms with Crippen LogP contribution in [0, 0.1) is 17.1 Å². The predicted octanol–water partition coefficient (Wildman–Crippen LogP) is 4.26. The number of amides is 1. The molecule has 1 fully saturated rings. The fourth-order valence-electron chi connectivity index (χ4n) is 3.98. The van der Waals surface area contributed by atoms with Gasteiger partial charge in [-0.2, -0.15) is 5.26 Å². The van der Waals surface area contributed by atoms with Gasteiger partial charge in [0.1, 0.15) is 17.5 Å². The SMILES string of the molecule is N#C/C(=C/N1CCN(c2ccccc2F)CC1)C(=O)NC(c1ccccc1)c1ccccc1. The van der Waals surface area contributed by atoms with E-state index in [1.807, 2.05) is 82.6 Å². The van der Waals surface area contributed by atoms with Gasteiger partial charge < -0.3 is 15.1 Å². The van der Waals surface area contributed by atoms with Crippen LogP contribution in [0.2, 0.25) is 0 Å². The third kappa shape index (κ3) is 5.39. The summed E-state index contributed by atoms with van der Waals surface area (Å²) >= 11 is 0. The number of anilines is 1. The molecule has 1 saturated heterocycles. The summed E-state index contributed by atoms with van der Waals surface area (Å²) in [4.78, 5) is 17.0. The van der Waals surface area contributed by atoms with Crippen LogP contribution < -0.4 is 10.2 Å². The highest BCUT2D eigenvalue weighted by atomic mass is 19.1. The highest BCUT2D eigenvalue weighted by Gasteiger charge is 2.22. The van der Waals surface area contributed by atoms with Crippen LogP contribution in [0.3, 0.4) is 0 Å². The van der Waals surface area contributed by atoms with E-state index in [4.69, 9.17) is 0 Å². The van der Waals surface area contributed by atoms with Crippen molar-refractivity contribution in [3.05, 3.63) is 114 Å². The molecule has 5 nitrogen and oxygen atoms in total. The van der Waals surface area contributed by atoms with E-state index in [2.05, 4.69) is 5.32 Å². The van der Waals surface area contributed by atoms with Gasteiger partial charge in [-0.25, -0.2) is 4.39 Å². The Morgan fingerprint density at radius 1 is 0.879 bits per heavy atom. The normalized spacial score (nSPS) is 14.2. The number of carbonyl (C=O) groups is 1. The third-order valence-corrected chi connectivity index (χ3v) is 5.73. The number of hydrogen-bond donors (Lipinski definition) is 1. The van der Waals surface area contributed by atoms with Crippen LogP contribution in [0.1, 0.15) is 17.2 Å². The topological polar surface area (TPSA) is 59.4 Å². The maximum atomic E-state index is 14.1. The number of hydrogen-bond acceptors (Lipinski definition) is 4.